The zero-order valence-corrected chi connectivity index (χ0v) is 72.6. The van der Waals surface area contributed by atoms with Gasteiger partial charge in [0.15, 0.2) is 0 Å². The summed E-state index contributed by atoms with van der Waals surface area (Å²) in [5.41, 5.74) is 4.72. The number of imidazole rings is 1. The summed E-state index contributed by atoms with van der Waals surface area (Å²) >= 11 is 1.70. The molecule has 110 heavy (non-hydrogen) atoms. The van der Waals surface area contributed by atoms with Crippen LogP contribution < -0.4 is 0 Å². The molecule has 10 heteroatoms. The van der Waals surface area contributed by atoms with Crippen LogP contribution in [-0.4, -0.2) is 119 Å². The number of carbonyl (C=O) groups is 1. The fourth-order valence-corrected chi connectivity index (χ4v) is 35.2. The maximum absolute atomic E-state index is 12.7. The summed E-state index contributed by atoms with van der Waals surface area (Å²) in [4.78, 5) is 22.3. The van der Waals surface area contributed by atoms with Crippen molar-refractivity contribution in [3.05, 3.63) is 55.2 Å². The van der Waals surface area contributed by atoms with E-state index < -0.39 is 11.2 Å². The van der Waals surface area contributed by atoms with Gasteiger partial charge in [0.05, 0.1) is 34.5 Å². The maximum atomic E-state index is 12.7. The van der Waals surface area contributed by atoms with E-state index in [1.54, 1.807) is 22.9 Å². The van der Waals surface area contributed by atoms with Crippen LogP contribution in [0.4, 0.5) is 0 Å². The third-order valence-corrected chi connectivity index (χ3v) is 40.1. The largest absolute Gasteiger partial charge is 0.390 e. The van der Waals surface area contributed by atoms with Gasteiger partial charge in [-0.25, -0.2) is 4.98 Å². The van der Waals surface area contributed by atoms with E-state index in [9.17, 15) is 25.2 Å². The molecule has 0 radical (unpaired) electrons. The number of rotatable bonds is 12. The molecule has 618 valence electrons. The summed E-state index contributed by atoms with van der Waals surface area (Å²) < 4.78 is 2.18. The van der Waals surface area contributed by atoms with Gasteiger partial charge in [0.25, 0.3) is 0 Å². The van der Waals surface area contributed by atoms with Gasteiger partial charge in [-0.1, -0.05) is 70.6 Å². The van der Waals surface area contributed by atoms with Crippen LogP contribution in [0.15, 0.2) is 55.2 Å². The summed E-state index contributed by atoms with van der Waals surface area (Å²) in [7, 11) is 0. The number of likely N-dealkylation sites (tertiary alicyclic amines) is 2. The molecule has 1 aromatic rings. The molecule has 18 fully saturated rings. The van der Waals surface area contributed by atoms with Crippen molar-refractivity contribution in [3.63, 3.8) is 0 Å². The van der Waals surface area contributed by atoms with Crippen LogP contribution in [0.5, 0.6) is 0 Å². The van der Waals surface area contributed by atoms with Crippen LogP contribution in [-0.2, 0) is 11.3 Å². The molecule has 19 rings (SSSR count). The number of aliphatic hydroxyl groups is 4. The Morgan fingerprint density at radius 1 is 0.364 bits per heavy atom. The number of ketones is 1. The first kappa shape index (κ1) is 81.9. The van der Waals surface area contributed by atoms with Gasteiger partial charge < -0.3 is 25.0 Å². The molecule has 18 aliphatic rings. The minimum atomic E-state index is -0.417. The van der Waals surface area contributed by atoms with E-state index >= 15 is 0 Å². The minimum absolute atomic E-state index is 0.279. The predicted molar refractivity (Wildman–Crippen MR) is 454 cm³/mol. The van der Waals surface area contributed by atoms with Crippen LogP contribution in [0.25, 0.3) is 0 Å². The zero-order chi connectivity index (χ0) is 77.1. The van der Waals surface area contributed by atoms with Gasteiger partial charge >= 0.3 is 0 Å². The molecule has 16 aliphatic carbocycles. The highest BCUT2D eigenvalue weighted by Gasteiger charge is 2.63. The first-order valence-electron chi connectivity index (χ1n) is 47.8. The van der Waals surface area contributed by atoms with Gasteiger partial charge in [-0.05, 0) is 475 Å². The molecule has 2 saturated heterocycles. The average molecular weight is 1530 g/mol. The predicted octanol–water partition coefficient (Wildman–Crippen LogP) is 22.1. The molecule has 0 unspecified atom stereocenters. The van der Waals surface area contributed by atoms with E-state index in [4.69, 9.17) is 0 Å². The molecule has 0 amide bonds. The Kier molecular flexibility index (Phi) is 24.1. The molecule has 16 saturated carbocycles. The first-order valence-corrected chi connectivity index (χ1v) is 49.2. The molecule has 0 bridgehead atoms. The van der Waals surface area contributed by atoms with Crippen molar-refractivity contribution in [3.8, 4) is 0 Å². The van der Waals surface area contributed by atoms with Crippen LogP contribution in [0.1, 0.15) is 319 Å². The lowest BCUT2D eigenvalue weighted by molar-refractivity contribution is -0.129. The number of Topliss-reactive ketones (excluding diaryl/α,β-unsaturated/α-hetero) is 1. The molecule has 4 N–H and O–H groups in total. The molecule has 3 heterocycles. The summed E-state index contributed by atoms with van der Waals surface area (Å²) in [5.74, 6) is 21.4. The maximum Gasteiger partial charge on any atom is 0.146 e. The van der Waals surface area contributed by atoms with Gasteiger partial charge in [-0.2, -0.15) is 11.8 Å². The second-order valence-corrected chi connectivity index (χ2v) is 46.7. The Labute approximate surface area is 675 Å². The van der Waals surface area contributed by atoms with Crippen LogP contribution in [0.2, 0.25) is 0 Å². The van der Waals surface area contributed by atoms with Crippen molar-refractivity contribution >= 4 is 17.5 Å². The van der Waals surface area contributed by atoms with Crippen molar-refractivity contribution in [1.82, 2.24) is 19.4 Å². The molecule has 0 aromatic carbocycles. The summed E-state index contributed by atoms with van der Waals surface area (Å²) in [6, 6.07) is 0. The second-order valence-electron chi connectivity index (χ2n) is 45.8. The molecular formula is C100H162N4O5S. The molecule has 1 aromatic heterocycles. The van der Waals surface area contributed by atoms with E-state index in [2.05, 4.69) is 100 Å². The van der Waals surface area contributed by atoms with E-state index in [0.717, 1.165) is 195 Å². The third kappa shape index (κ3) is 16.0. The Balaban J connectivity index is 0.000000112. The van der Waals surface area contributed by atoms with Gasteiger partial charge in [0.1, 0.15) is 5.78 Å². The fourth-order valence-electron chi connectivity index (χ4n) is 34.7. The number of hydrogen-bond acceptors (Lipinski definition) is 9. The summed E-state index contributed by atoms with van der Waals surface area (Å²) in [6.45, 7) is 41.0. The SMILES string of the molecule is C=C(CN1CCCC1)[C@H]1CC[C@H]2[C@@H]3CC[C@H]4C[C@](C)(O)CC[C@@H]4[C@H]3CC[C@]12C.C=C(CN1CCCCC1)[C@H]1CC[C@H]2[C@@H]3CC[C@H]4C[C@](C)(O)CC[C@@H]4[C@H]3CC[C@]12C.C=C(Cn1ccnc1)[C@H]1CC[C@H]2[C@@H]3CC[C@H]4C[C@](C)(O)CC[C@@H]4[C@H]3CC[C@]12C.CSCC(=O)[C@H]1CC[C@H]2[C@@H]3CC[C@H]4C[C@](C)(O)CC[C@@H]4[C@H]3CC[C@]12C. The Bertz CT molecular complexity index is 3340. The van der Waals surface area contributed by atoms with Crippen molar-refractivity contribution in [1.29, 1.82) is 0 Å². The van der Waals surface area contributed by atoms with Crippen LogP contribution in [0, 0.1) is 164 Å². The second kappa shape index (κ2) is 32.4. The third-order valence-electron chi connectivity index (χ3n) is 39.5. The van der Waals surface area contributed by atoms with Gasteiger partial charge in [0.2, 0.25) is 0 Å². The van der Waals surface area contributed by atoms with E-state index in [-0.39, 0.29) is 16.6 Å². The van der Waals surface area contributed by atoms with Crippen molar-refractivity contribution in [2.75, 3.05) is 51.3 Å². The van der Waals surface area contributed by atoms with E-state index in [1.807, 2.05) is 19.4 Å². The fraction of sp³-hybridized carbons (Fsp3) is 0.900. The topological polar surface area (TPSA) is 122 Å². The monoisotopic (exact) mass is 1530 g/mol. The number of piperidine rings is 1. The highest BCUT2D eigenvalue weighted by Crippen LogP contribution is 2.71. The highest BCUT2D eigenvalue weighted by molar-refractivity contribution is 7.99. The molecule has 2 aliphatic heterocycles. The smallest absolute Gasteiger partial charge is 0.146 e. The standard InChI is InChI=1S/C27H45NO.C26H43NO.C25H38N2O.C22H36O2S/c1-19(18-28-15-5-4-6-16-28)24-9-10-25-23-8-7-20-17-26(2,29)13-11-21(20)22(23)12-14-27(24,25)3;1-18(17-27-14-4-5-15-27)23-8-9-24-22-7-6-19-16-25(2,28)12-10-20(19)21(22)11-13-26(23,24)3;1-17(15-27-13-12-26-16-27)22-6-7-23-21-5-4-18-14-24(2,28)10-8-19(18)20(21)9-11-25(22,23)3;1-21(24)10-8-15-14(12-21)4-5-17-16(15)9-11-22(2)18(17)6-7-19(22)20(23)13-25-3/h20-25,29H,1,4-18H2,2-3H3;19-24,28H,1,4-17H2,2-3H3;12-13,16,18-23,28H,1,4-11,14-15H2,2-3H3;14-19,24H,4-13H2,1-3H3/t20-,21-,22+,23+,24+,25-,26+,27+;19-,20-,21+,22+,23+,24-,25+,26+;18-,19-,20+,21+,22+,23-,24+,25+;14-,15-,16+,17+,18-,19+,21+,22-/m0000/s1. The molecule has 32 atom stereocenters. The van der Waals surface area contributed by atoms with Crippen molar-refractivity contribution in [2.24, 2.45) is 164 Å². The normalized spacial score (nSPS) is 50.4. The highest BCUT2D eigenvalue weighted by atomic mass is 32.2. The number of thioether (sulfide) groups is 1. The molecular weight excluding hydrogens is 1370 g/mol. The van der Waals surface area contributed by atoms with E-state index in [0.29, 0.717) is 39.6 Å². The van der Waals surface area contributed by atoms with Gasteiger partial charge in [-0.15, -0.1) is 0 Å². The van der Waals surface area contributed by atoms with Gasteiger partial charge in [0, 0.05) is 37.9 Å². The lowest BCUT2D eigenvalue weighted by Crippen LogP contribution is -2.51. The number of carbonyl (C=O) groups excluding carboxylic acids is 1. The first-order chi connectivity index (χ1) is 52.5. The molecule has 0 spiro atoms. The molecule has 9 nitrogen and oxygen atoms in total. The number of hydrogen-bond donors (Lipinski definition) is 4. The number of allylic oxidation sites excluding steroid dienone is 1. The number of aromatic nitrogens is 2. The zero-order valence-electron chi connectivity index (χ0n) is 71.8. The number of fused-ring (bicyclic) bond motifs is 20. The van der Waals surface area contributed by atoms with Gasteiger partial charge in [-0.3, -0.25) is 14.6 Å². The lowest BCUT2D eigenvalue weighted by atomic mass is 9.49. The quantitative estimate of drug-likeness (QED) is 0.152. The Morgan fingerprint density at radius 2 is 0.655 bits per heavy atom. The summed E-state index contributed by atoms with van der Waals surface area (Å²) in [5, 5.41) is 42.3. The Morgan fingerprint density at radius 3 is 0.964 bits per heavy atom. The number of nitrogens with zero attached hydrogens (tertiary/aromatic N) is 4. The van der Waals surface area contributed by atoms with Crippen molar-refractivity contribution in [2.45, 2.75) is 348 Å². The minimum Gasteiger partial charge on any atom is -0.390 e. The van der Waals surface area contributed by atoms with Crippen LogP contribution in [0.3, 0.4) is 0 Å². The Hall–Kier alpha value is -1.79. The summed E-state index contributed by atoms with van der Waals surface area (Å²) in [6.07, 6.45) is 61.4. The van der Waals surface area contributed by atoms with E-state index in [1.165, 1.54) is 250 Å². The van der Waals surface area contributed by atoms with Crippen LogP contribution >= 0.6 is 11.8 Å². The lowest BCUT2D eigenvalue weighted by Gasteiger charge is -2.57. The van der Waals surface area contributed by atoms with Crippen molar-refractivity contribution < 1.29 is 25.2 Å². The average Bonchev–Trinajstić information content (AvgIpc) is 1.51.